The molecule has 2 atom stereocenters. The molecule has 86 valence electrons. The van der Waals surface area contributed by atoms with Crippen molar-refractivity contribution in [3.63, 3.8) is 0 Å². The van der Waals surface area contributed by atoms with Crippen LogP contribution in [-0.4, -0.2) is 47.8 Å². The van der Waals surface area contributed by atoms with Crippen molar-refractivity contribution in [2.45, 2.75) is 32.9 Å². The fourth-order valence-corrected chi connectivity index (χ4v) is 1.77. The van der Waals surface area contributed by atoms with Crippen LogP contribution in [-0.2, 0) is 9.53 Å². The number of carboxylic acid groups (broad SMARTS) is 1. The maximum Gasteiger partial charge on any atom is 0.328 e. The number of nitrogens with zero attached hydrogens (tertiary/aromatic N) is 1. The molecule has 0 spiro atoms. The summed E-state index contributed by atoms with van der Waals surface area (Å²) in [6.07, 6.45) is 1.51. The van der Waals surface area contributed by atoms with E-state index in [-0.39, 0.29) is 6.10 Å². The zero-order chi connectivity index (χ0) is 11.4. The first-order valence-corrected chi connectivity index (χ1v) is 5.24. The molecule has 0 aromatic heterocycles. The van der Waals surface area contributed by atoms with Crippen molar-refractivity contribution in [1.82, 2.24) is 4.90 Å². The first-order valence-electron chi connectivity index (χ1n) is 5.24. The second-order valence-electron chi connectivity index (χ2n) is 4.25. The highest BCUT2D eigenvalue weighted by Crippen LogP contribution is 2.12. The Labute approximate surface area is 90.5 Å². The number of hydrogen-bond donors (Lipinski definition) is 1. The molecule has 1 saturated heterocycles. The predicted molar refractivity (Wildman–Crippen MR) is 57.8 cm³/mol. The molecule has 1 fully saturated rings. The highest BCUT2D eigenvalue weighted by molar-refractivity contribution is 5.80. The van der Waals surface area contributed by atoms with Crippen molar-refractivity contribution in [3.8, 4) is 0 Å². The van der Waals surface area contributed by atoms with Gasteiger partial charge >= 0.3 is 5.97 Å². The highest BCUT2D eigenvalue weighted by Gasteiger charge is 2.23. The van der Waals surface area contributed by atoms with E-state index >= 15 is 0 Å². The first kappa shape index (κ1) is 12.2. The third-order valence-corrected chi connectivity index (χ3v) is 2.56. The van der Waals surface area contributed by atoms with E-state index in [0.29, 0.717) is 12.6 Å². The van der Waals surface area contributed by atoms with Gasteiger partial charge in [-0.3, -0.25) is 4.90 Å². The fourth-order valence-electron chi connectivity index (χ4n) is 1.77. The topological polar surface area (TPSA) is 49.8 Å². The van der Waals surface area contributed by atoms with Gasteiger partial charge in [-0.25, -0.2) is 4.79 Å². The van der Waals surface area contributed by atoms with Gasteiger partial charge in [0, 0.05) is 25.2 Å². The molecule has 4 heteroatoms. The third kappa shape index (κ3) is 4.01. The Morgan fingerprint density at radius 2 is 2.27 bits per heavy atom. The predicted octanol–water partition coefficient (Wildman–Crippen LogP) is 1.13. The van der Waals surface area contributed by atoms with Crippen molar-refractivity contribution < 1.29 is 14.6 Å². The summed E-state index contributed by atoms with van der Waals surface area (Å²) in [5, 5.41) is 8.61. The van der Waals surface area contributed by atoms with Crippen molar-refractivity contribution in [3.05, 3.63) is 11.6 Å². The van der Waals surface area contributed by atoms with E-state index in [2.05, 4.69) is 11.8 Å². The average molecular weight is 213 g/mol. The van der Waals surface area contributed by atoms with E-state index in [0.717, 1.165) is 18.7 Å². The Morgan fingerprint density at radius 3 is 2.87 bits per heavy atom. The molecule has 2 unspecified atom stereocenters. The summed E-state index contributed by atoms with van der Waals surface area (Å²) < 4.78 is 5.51. The lowest BCUT2D eigenvalue weighted by molar-refractivity contribution is -0.131. The van der Waals surface area contributed by atoms with Crippen LogP contribution in [0.3, 0.4) is 0 Å². The largest absolute Gasteiger partial charge is 0.478 e. The lowest BCUT2D eigenvalue weighted by Gasteiger charge is -2.36. The fraction of sp³-hybridized carbons (Fsp3) is 0.727. The van der Waals surface area contributed by atoms with E-state index < -0.39 is 5.97 Å². The van der Waals surface area contributed by atoms with Gasteiger partial charge in [-0.05, 0) is 20.8 Å². The maximum atomic E-state index is 10.5. The summed E-state index contributed by atoms with van der Waals surface area (Å²) in [4.78, 5) is 12.7. The SMILES string of the molecule is CC(=CC(=O)O)CN1CC(C)OCC1C. The minimum absolute atomic E-state index is 0.235. The highest BCUT2D eigenvalue weighted by atomic mass is 16.5. The van der Waals surface area contributed by atoms with Crippen molar-refractivity contribution in [2.75, 3.05) is 19.7 Å². The normalized spacial score (nSPS) is 29.1. The van der Waals surface area contributed by atoms with Crippen molar-refractivity contribution >= 4 is 5.97 Å². The van der Waals surface area contributed by atoms with Gasteiger partial charge in [0.2, 0.25) is 0 Å². The summed E-state index contributed by atoms with van der Waals surface area (Å²) in [6.45, 7) is 8.28. The molecule has 0 aromatic carbocycles. The number of aliphatic carboxylic acids is 1. The Morgan fingerprint density at radius 1 is 1.60 bits per heavy atom. The molecule has 0 aromatic rings. The summed E-state index contributed by atoms with van der Waals surface area (Å²) in [7, 11) is 0. The Balaban J connectivity index is 2.52. The van der Waals surface area contributed by atoms with E-state index in [1.807, 2.05) is 13.8 Å². The third-order valence-electron chi connectivity index (χ3n) is 2.56. The second-order valence-corrected chi connectivity index (χ2v) is 4.25. The van der Waals surface area contributed by atoms with Crippen LogP contribution in [0.25, 0.3) is 0 Å². The molecular weight excluding hydrogens is 194 g/mol. The zero-order valence-corrected chi connectivity index (χ0v) is 9.56. The molecular formula is C11H19NO3. The maximum absolute atomic E-state index is 10.5. The van der Waals surface area contributed by atoms with Crippen LogP contribution in [0.5, 0.6) is 0 Å². The molecule has 0 amide bonds. The minimum atomic E-state index is -0.874. The number of carboxylic acids is 1. The van der Waals surface area contributed by atoms with E-state index in [9.17, 15) is 4.79 Å². The summed E-state index contributed by atoms with van der Waals surface area (Å²) in [6, 6.07) is 0.360. The van der Waals surface area contributed by atoms with Gasteiger partial charge in [-0.2, -0.15) is 0 Å². The molecule has 1 rings (SSSR count). The number of ether oxygens (including phenoxy) is 1. The molecule has 0 aliphatic carbocycles. The number of rotatable bonds is 3. The van der Waals surface area contributed by atoms with E-state index in [1.165, 1.54) is 6.08 Å². The van der Waals surface area contributed by atoms with Crippen LogP contribution in [0.2, 0.25) is 0 Å². The molecule has 15 heavy (non-hydrogen) atoms. The number of carbonyl (C=O) groups is 1. The zero-order valence-electron chi connectivity index (χ0n) is 9.56. The van der Waals surface area contributed by atoms with Gasteiger partial charge in [0.25, 0.3) is 0 Å². The van der Waals surface area contributed by atoms with Gasteiger partial charge in [0.1, 0.15) is 0 Å². The standard InChI is InChI=1S/C11H19NO3/c1-8(4-11(13)14)5-12-6-10(3)15-7-9(12)2/h4,9-10H,5-7H2,1-3H3,(H,13,14). The lowest BCUT2D eigenvalue weighted by Crippen LogP contribution is -2.47. The number of hydrogen-bond acceptors (Lipinski definition) is 3. The summed E-state index contributed by atoms with van der Waals surface area (Å²) in [5.74, 6) is -0.874. The second kappa shape index (κ2) is 5.28. The smallest absolute Gasteiger partial charge is 0.328 e. The van der Waals surface area contributed by atoms with Crippen molar-refractivity contribution in [1.29, 1.82) is 0 Å². The van der Waals surface area contributed by atoms with Crippen molar-refractivity contribution in [2.24, 2.45) is 0 Å². The lowest BCUT2D eigenvalue weighted by atomic mass is 10.1. The monoisotopic (exact) mass is 213 g/mol. The van der Waals surface area contributed by atoms with Gasteiger partial charge < -0.3 is 9.84 Å². The summed E-state index contributed by atoms with van der Waals surface area (Å²) in [5.41, 5.74) is 0.878. The Kier molecular flexibility index (Phi) is 4.29. The quantitative estimate of drug-likeness (QED) is 0.714. The molecule has 0 radical (unpaired) electrons. The summed E-state index contributed by atoms with van der Waals surface area (Å²) >= 11 is 0. The van der Waals surface area contributed by atoms with Crippen LogP contribution in [0.4, 0.5) is 0 Å². The molecule has 0 saturated carbocycles. The number of morpholine rings is 1. The van der Waals surface area contributed by atoms with Crippen LogP contribution in [0.1, 0.15) is 20.8 Å². The Bertz CT molecular complexity index is 263. The molecule has 0 bridgehead atoms. The van der Waals surface area contributed by atoms with Gasteiger partial charge in [0.15, 0.2) is 0 Å². The first-order chi connectivity index (χ1) is 6.99. The van der Waals surface area contributed by atoms with E-state index in [4.69, 9.17) is 9.84 Å². The molecule has 1 aliphatic rings. The molecule has 1 N–H and O–H groups in total. The van der Waals surface area contributed by atoms with Crippen LogP contribution < -0.4 is 0 Å². The van der Waals surface area contributed by atoms with E-state index in [1.54, 1.807) is 0 Å². The van der Waals surface area contributed by atoms with Gasteiger partial charge in [-0.1, -0.05) is 5.57 Å². The minimum Gasteiger partial charge on any atom is -0.478 e. The van der Waals surface area contributed by atoms with Crippen LogP contribution >= 0.6 is 0 Å². The molecule has 1 aliphatic heterocycles. The van der Waals surface area contributed by atoms with Gasteiger partial charge in [-0.15, -0.1) is 0 Å². The average Bonchev–Trinajstić information content (AvgIpc) is 2.10. The van der Waals surface area contributed by atoms with Crippen LogP contribution in [0, 0.1) is 0 Å². The Hall–Kier alpha value is -0.870. The van der Waals surface area contributed by atoms with Crippen LogP contribution in [0.15, 0.2) is 11.6 Å². The molecule has 1 heterocycles. The molecule has 4 nitrogen and oxygen atoms in total. The van der Waals surface area contributed by atoms with Gasteiger partial charge in [0.05, 0.1) is 12.7 Å².